The van der Waals surface area contributed by atoms with E-state index in [1.54, 1.807) is 30.8 Å². The standard InChI is InChI=1S/C15H13Cl3N6O/c1-8-12(18)13(23(2)21-8)14(25)20-15-19-7-24(22-15)6-9-3-4-10(16)11(17)5-9/h3-5,7H,6H2,1-2H3,(H,20,22,25). The van der Waals surface area contributed by atoms with Crippen LogP contribution < -0.4 is 5.32 Å². The Morgan fingerprint density at radius 3 is 2.60 bits per heavy atom. The van der Waals surface area contributed by atoms with Crippen LogP contribution in [0.25, 0.3) is 0 Å². The highest BCUT2D eigenvalue weighted by molar-refractivity contribution is 6.42. The molecule has 0 radical (unpaired) electrons. The topological polar surface area (TPSA) is 77.6 Å². The molecule has 0 bridgehead atoms. The minimum Gasteiger partial charge on any atom is -0.288 e. The summed E-state index contributed by atoms with van der Waals surface area (Å²) in [6.07, 6.45) is 1.51. The molecule has 3 rings (SSSR count). The molecule has 0 aliphatic rings. The summed E-state index contributed by atoms with van der Waals surface area (Å²) in [6.45, 7) is 2.16. The van der Waals surface area contributed by atoms with Crippen molar-refractivity contribution in [2.24, 2.45) is 7.05 Å². The zero-order valence-corrected chi connectivity index (χ0v) is 15.6. The van der Waals surface area contributed by atoms with Gasteiger partial charge in [-0.25, -0.2) is 9.67 Å². The molecule has 1 N–H and O–H groups in total. The highest BCUT2D eigenvalue weighted by Crippen LogP contribution is 2.23. The van der Waals surface area contributed by atoms with E-state index < -0.39 is 5.91 Å². The van der Waals surface area contributed by atoms with Gasteiger partial charge in [0.1, 0.15) is 12.0 Å². The van der Waals surface area contributed by atoms with Crippen LogP contribution in [0.5, 0.6) is 0 Å². The molecule has 2 aromatic heterocycles. The second-order valence-corrected chi connectivity index (χ2v) is 6.53. The molecular weight excluding hydrogens is 387 g/mol. The molecule has 10 heteroatoms. The molecule has 0 spiro atoms. The summed E-state index contributed by atoms with van der Waals surface area (Å²) in [5.74, 6) is -0.264. The van der Waals surface area contributed by atoms with Crippen molar-refractivity contribution in [2.45, 2.75) is 13.5 Å². The fourth-order valence-corrected chi connectivity index (χ4v) is 2.86. The zero-order chi connectivity index (χ0) is 18.1. The monoisotopic (exact) mass is 398 g/mol. The van der Waals surface area contributed by atoms with Gasteiger partial charge in [0, 0.05) is 7.05 Å². The smallest absolute Gasteiger partial charge is 0.277 e. The lowest BCUT2D eigenvalue weighted by atomic mass is 10.2. The minimum atomic E-state index is -0.430. The van der Waals surface area contributed by atoms with Gasteiger partial charge in [0.15, 0.2) is 0 Å². The van der Waals surface area contributed by atoms with Crippen LogP contribution in [0.2, 0.25) is 15.1 Å². The second-order valence-electron chi connectivity index (χ2n) is 5.34. The first-order valence-corrected chi connectivity index (χ1v) is 8.32. The van der Waals surface area contributed by atoms with Gasteiger partial charge >= 0.3 is 0 Å². The molecule has 0 saturated carbocycles. The maximum atomic E-state index is 12.3. The number of aryl methyl sites for hydroxylation is 2. The van der Waals surface area contributed by atoms with Crippen LogP contribution >= 0.6 is 34.8 Å². The number of hydrogen-bond acceptors (Lipinski definition) is 4. The van der Waals surface area contributed by atoms with E-state index >= 15 is 0 Å². The molecule has 2 heterocycles. The Balaban J connectivity index is 1.73. The van der Waals surface area contributed by atoms with Gasteiger partial charge in [0.2, 0.25) is 5.95 Å². The Hall–Kier alpha value is -2.09. The quantitative estimate of drug-likeness (QED) is 0.727. The Morgan fingerprint density at radius 1 is 1.20 bits per heavy atom. The third-order valence-corrected chi connectivity index (χ3v) is 4.65. The number of nitrogens with zero attached hydrogens (tertiary/aromatic N) is 5. The van der Waals surface area contributed by atoms with Gasteiger partial charge < -0.3 is 0 Å². The summed E-state index contributed by atoms with van der Waals surface area (Å²) in [5, 5.41) is 12.2. The SMILES string of the molecule is Cc1nn(C)c(C(=O)Nc2ncn(Cc3ccc(Cl)c(Cl)c3)n2)c1Cl. The van der Waals surface area contributed by atoms with Gasteiger partial charge in [-0.1, -0.05) is 40.9 Å². The summed E-state index contributed by atoms with van der Waals surface area (Å²) in [5.41, 5.74) is 1.73. The molecule has 0 saturated heterocycles. The maximum absolute atomic E-state index is 12.3. The molecule has 3 aromatic rings. The van der Waals surface area contributed by atoms with Crippen molar-refractivity contribution in [3.05, 3.63) is 56.5 Å². The van der Waals surface area contributed by atoms with E-state index in [0.29, 0.717) is 27.3 Å². The normalized spacial score (nSPS) is 10.9. The maximum Gasteiger partial charge on any atom is 0.277 e. The summed E-state index contributed by atoms with van der Waals surface area (Å²) in [4.78, 5) is 16.4. The fourth-order valence-electron chi connectivity index (χ4n) is 2.29. The minimum absolute atomic E-state index is 0.167. The molecular formula is C15H13Cl3N6O. The molecule has 0 unspecified atom stereocenters. The number of hydrogen-bond donors (Lipinski definition) is 1. The summed E-state index contributed by atoms with van der Waals surface area (Å²) >= 11 is 18.0. The fraction of sp³-hybridized carbons (Fsp3) is 0.200. The van der Waals surface area contributed by atoms with Crippen LogP contribution in [0.3, 0.4) is 0 Å². The number of amides is 1. The Kier molecular flexibility index (Phi) is 4.99. The van der Waals surface area contributed by atoms with Gasteiger partial charge in [-0.15, -0.1) is 5.10 Å². The van der Waals surface area contributed by atoms with E-state index in [1.807, 2.05) is 6.07 Å². The number of nitrogens with one attached hydrogen (secondary N) is 1. The van der Waals surface area contributed by atoms with E-state index in [1.165, 1.54) is 11.0 Å². The number of benzene rings is 1. The van der Waals surface area contributed by atoms with Crippen LogP contribution in [0.15, 0.2) is 24.5 Å². The molecule has 130 valence electrons. The molecule has 7 nitrogen and oxygen atoms in total. The second kappa shape index (κ2) is 7.03. The van der Waals surface area contributed by atoms with E-state index in [0.717, 1.165) is 5.56 Å². The Bertz CT molecular complexity index is 949. The first kappa shape index (κ1) is 17.7. The number of anilines is 1. The number of aromatic nitrogens is 5. The highest BCUT2D eigenvalue weighted by Gasteiger charge is 2.20. The van der Waals surface area contributed by atoms with Crippen LogP contribution in [0.1, 0.15) is 21.7 Å². The number of carbonyl (C=O) groups is 1. The zero-order valence-electron chi connectivity index (χ0n) is 13.3. The number of halogens is 3. The summed E-state index contributed by atoms with van der Waals surface area (Å²) < 4.78 is 2.99. The largest absolute Gasteiger partial charge is 0.288 e. The van der Waals surface area contributed by atoms with Crippen LogP contribution in [0, 0.1) is 6.92 Å². The van der Waals surface area contributed by atoms with Crippen LogP contribution in [0.4, 0.5) is 5.95 Å². The lowest BCUT2D eigenvalue weighted by molar-refractivity contribution is 0.101. The van der Waals surface area contributed by atoms with Gasteiger partial charge in [-0.05, 0) is 24.6 Å². The lowest BCUT2D eigenvalue weighted by Gasteiger charge is -2.04. The highest BCUT2D eigenvalue weighted by atomic mass is 35.5. The van der Waals surface area contributed by atoms with Crippen molar-refractivity contribution < 1.29 is 4.79 Å². The van der Waals surface area contributed by atoms with Crippen molar-refractivity contribution in [3.8, 4) is 0 Å². The van der Waals surface area contributed by atoms with E-state index in [-0.39, 0.29) is 11.6 Å². The van der Waals surface area contributed by atoms with Gasteiger partial charge in [0.25, 0.3) is 5.91 Å². The molecule has 0 aliphatic heterocycles. The van der Waals surface area contributed by atoms with Crippen LogP contribution in [-0.4, -0.2) is 30.5 Å². The van der Waals surface area contributed by atoms with E-state index in [4.69, 9.17) is 34.8 Å². The van der Waals surface area contributed by atoms with Gasteiger partial charge in [0.05, 0.1) is 27.3 Å². The predicted molar refractivity (Wildman–Crippen MR) is 96.5 cm³/mol. The summed E-state index contributed by atoms with van der Waals surface area (Å²) in [7, 11) is 1.64. The van der Waals surface area contributed by atoms with Crippen LogP contribution in [-0.2, 0) is 13.6 Å². The van der Waals surface area contributed by atoms with Crippen molar-refractivity contribution >= 4 is 46.7 Å². The average molecular weight is 400 g/mol. The molecule has 0 fully saturated rings. The first-order valence-electron chi connectivity index (χ1n) is 7.19. The van der Waals surface area contributed by atoms with Crippen molar-refractivity contribution in [1.82, 2.24) is 24.5 Å². The third-order valence-electron chi connectivity index (χ3n) is 3.45. The average Bonchev–Trinajstić information content (AvgIpc) is 3.07. The molecule has 1 amide bonds. The Labute approximate surface area is 158 Å². The predicted octanol–water partition coefficient (Wildman–Crippen LogP) is 3.58. The van der Waals surface area contributed by atoms with Gasteiger partial charge in [-0.3, -0.25) is 14.8 Å². The summed E-state index contributed by atoms with van der Waals surface area (Å²) in [6, 6.07) is 5.31. The van der Waals surface area contributed by atoms with Crippen molar-refractivity contribution in [1.29, 1.82) is 0 Å². The van der Waals surface area contributed by atoms with Crippen molar-refractivity contribution in [2.75, 3.05) is 5.32 Å². The molecule has 0 aliphatic carbocycles. The van der Waals surface area contributed by atoms with Crippen molar-refractivity contribution in [3.63, 3.8) is 0 Å². The van der Waals surface area contributed by atoms with Gasteiger partial charge in [-0.2, -0.15) is 5.10 Å². The number of carbonyl (C=O) groups excluding carboxylic acids is 1. The Morgan fingerprint density at radius 2 is 1.96 bits per heavy atom. The third kappa shape index (κ3) is 3.78. The van der Waals surface area contributed by atoms with E-state index in [9.17, 15) is 4.79 Å². The molecule has 25 heavy (non-hydrogen) atoms. The van der Waals surface area contributed by atoms with E-state index in [2.05, 4.69) is 20.5 Å². The molecule has 1 aromatic carbocycles. The first-order chi connectivity index (χ1) is 11.8. The number of rotatable bonds is 4. The lowest BCUT2D eigenvalue weighted by Crippen LogP contribution is -2.17. The molecule has 0 atom stereocenters.